The van der Waals surface area contributed by atoms with Crippen molar-refractivity contribution in [3.05, 3.63) is 29.8 Å². The van der Waals surface area contributed by atoms with Crippen molar-refractivity contribution in [2.75, 3.05) is 0 Å². The molecule has 0 radical (unpaired) electrons. The lowest BCUT2D eigenvalue weighted by atomic mass is 10.0. The van der Waals surface area contributed by atoms with Gasteiger partial charge in [-0.3, -0.25) is 24.0 Å². The van der Waals surface area contributed by atoms with Crippen LogP contribution in [-0.2, 0) is 35.2 Å². The second-order valence-corrected chi connectivity index (χ2v) is 9.30. The van der Waals surface area contributed by atoms with Crippen molar-refractivity contribution in [2.45, 2.75) is 70.1 Å². The Balaban J connectivity index is 3.14. The van der Waals surface area contributed by atoms with Gasteiger partial charge in [0.15, 0.2) is 0 Å². The third-order valence-corrected chi connectivity index (χ3v) is 5.40. The van der Waals surface area contributed by atoms with Crippen LogP contribution in [0.4, 0.5) is 0 Å². The van der Waals surface area contributed by atoms with E-state index in [0.717, 1.165) is 0 Å². The highest BCUT2D eigenvalue weighted by Gasteiger charge is 2.31. The molecule has 1 aromatic rings. The summed E-state index contributed by atoms with van der Waals surface area (Å²) in [6, 6.07) is 0.549. The highest BCUT2D eigenvalue weighted by atomic mass is 16.4. The van der Waals surface area contributed by atoms with Gasteiger partial charge in [-0.2, -0.15) is 0 Å². The summed E-state index contributed by atoms with van der Waals surface area (Å²) >= 11 is 0. The predicted molar refractivity (Wildman–Crippen MR) is 135 cm³/mol. The Morgan fingerprint density at radius 1 is 0.816 bits per heavy atom. The van der Waals surface area contributed by atoms with Gasteiger partial charge < -0.3 is 43.4 Å². The molecule has 1 rings (SSSR count). The molecule has 11 N–H and O–H groups in total. The summed E-state index contributed by atoms with van der Waals surface area (Å²) in [5.74, 6) is -5.65. The van der Waals surface area contributed by atoms with Crippen molar-refractivity contribution in [1.29, 1.82) is 0 Å². The molecular formula is C24H36N6O8. The topological polar surface area (TPSA) is 257 Å². The molecule has 1 aromatic carbocycles. The lowest BCUT2D eigenvalue weighted by molar-refractivity contribution is -0.142. The fourth-order valence-electron chi connectivity index (χ4n) is 3.47. The van der Waals surface area contributed by atoms with Gasteiger partial charge >= 0.3 is 5.97 Å². The van der Waals surface area contributed by atoms with Crippen LogP contribution >= 0.6 is 0 Å². The van der Waals surface area contributed by atoms with Gasteiger partial charge in [0.1, 0.15) is 23.9 Å². The highest BCUT2D eigenvalue weighted by Crippen LogP contribution is 2.12. The standard InChI is InChI=1S/C24H36N6O8/c1-12(2)9-15(25)21(34)29-17(10-13-3-5-14(31)6-4-13)22(35)30-18(11-20(27)33)23(36)28-16(24(37)38)7-8-19(26)32/h3-6,12,15-18,31H,7-11,25H2,1-2H3,(H2,26,32)(H2,27,33)(H,28,36)(H,29,34)(H,30,35)(H,37,38). The van der Waals surface area contributed by atoms with E-state index in [2.05, 4.69) is 16.0 Å². The van der Waals surface area contributed by atoms with Crippen LogP contribution in [0.1, 0.15) is 45.1 Å². The van der Waals surface area contributed by atoms with Gasteiger partial charge in [0.25, 0.3) is 0 Å². The zero-order valence-electron chi connectivity index (χ0n) is 21.3. The highest BCUT2D eigenvalue weighted by molar-refractivity contribution is 5.96. The SMILES string of the molecule is CC(C)CC(N)C(=O)NC(Cc1ccc(O)cc1)C(=O)NC(CC(N)=O)C(=O)NC(CCC(N)=O)C(=O)O. The number of hydrogen-bond donors (Lipinski definition) is 8. The van der Waals surface area contributed by atoms with Crippen molar-refractivity contribution in [1.82, 2.24) is 16.0 Å². The number of nitrogens with one attached hydrogen (secondary N) is 3. The molecule has 5 amide bonds. The van der Waals surface area contributed by atoms with Crippen LogP contribution in [0.15, 0.2) is 24.3 Å². The summed E-state index contributed by atoms with van der Waals surface area (Å²) in [6.07, 6.45) is -1.05. The first-order valence-electron chi connectivity index (χ1n) is 11.9. The number of hydrogen-bond acceptors (Lipinski definition) is 8. The summed E-state index contributed by atoms with van der Waals surface area (Å²) in [4.78, 5) is 72.8. The van der Waals surface area contributed by atoms with Gasteiger partial charge in [0, 0.05) is 12.8 Å². The van der Waals surface area contributed by atoms with Crippen molar-refractivity contribution >= 4 is 35.5 Å². The lowest BCUT2D eigenvalue weighted by Crippen LogP contribution is -2.58. The number of amides is 5. The molecule has 4 unspecified atom stereocenters. The molecule has 0 aliphatic heterocycles. The molecule has 0 fully saturated rings. The summed E-state index contributed by atoms with van der Waals surface area (Å²) in [6.45, 7) is 3.74. The van der Waals surface area contributed by atoms with Crippen LogP contribution in [0, 0.1) is 5.92 Å². The van der Waals surface area contributed by atoms with E-state index >= 15 is 0 Å². The van der Waals surface area contributed by atoms with Crippen molar-refractivity contribution < 1.29 is 39.0 Å². The Kier molecular flexibility index (Phi) is 12.7. The summed E-state index contributed by atoms with van der Waals surface area (Å²) in [5.41, 5.74) is 16.7. The molecule has 210 valence electrons. The lowest BCUT2D eigenvalue weighted by Gasteiger charge is -2.25. The Hall–Kier alpha value is -4.20. The van der Waals surface area contributed by atoms with E-state index in [-0.39, 0.29) is 30.9 Å². The van der Waals surface area contributed by atoms with Crippen LogP contribution in [0.3, 0.4) is 0 Å². The van der Waals surface area contributed by atoms with Gasteiger partial charge in [-0.15, -0.1) is 0 Å². The van der Waals surface area contributed by atoms with Crippen LogP contribution in [0.25, 0.3) is 0 Å². The van der Waals surface area contributed by atoms with Crippen molar-refractivity contribution in [2.24, 2.45) is 23.1 Å². The number of carboxylic acid groups (broad SMARTS) is 1. The molecular weight excluding hydrogens is 500 g/mol. The summed E-state index contributed by atoms with van der Waals surface area (Å²) in [7, 11) is 0. The minimum Gasteiger partial charge on any atom is -0.508 e. The zero-order chi connectivity index (χ0) is 29.0. The van der Waals surface area contributed by atoms with E-state index in [9.17, 15) is 39.0 Å². The van der Waals surface area contributed by atoms with E-state index in [1.807, 2.05) is 13.8 Å². The number of aliphatic carboxylic acids is 1. The van der Waals surface area contributed by atoms with E-state index in [4.69, 9.17) is 17.2 Å². The number of carbonyl (C=O) groups is 6. The average molecular weight is 537 g/mol. The zero-order valence-corrected chi connectivity index (χ0v) is 21.3. The van der Waals surface area contributed by atoms with Crippen molar-refractivity contribution in [3.8, 4) is 5.75 Å². The monoisotopic (exact) mass is 536 g/mol. The van der Waals surface area contributed by atoms with Crippen LogP contribution < -0.4 is 33.2 Å². The molecule has 14 heteroatoms. The minimum absolute atomic E-state index is 0.0137. The Morgan fingerprint density at radius 2 is 1.34 bits per heavy atom. The second-order valence-electron chi connectivity index (χ2n) is 9.30. The maximum Gasteiger partial charge on any atom is 0.326 e. The molecule has 0 heterocycles. The third-order valence-electron chi connectivity index (χ3n) is 5.40. The number of primary amides is 2. The van der Waals surface area contributed by atoms with E-state index < -0.39 is 66.1 Å². The maximum atomic E-state index is 13.2. The smallest absolute Gasteiger partial charge is 0.326 e. The molecule has 4 atom stereocenters. The van der Waals surface area contributed by atoms with Gasteiger partial charge in [-0.1, -0.05) is 26.0 Å². The number of phenolic OH excluding ortho intramolecular Hbond substituents is 1. The molecule has 14 nitrogen and oxygen atoms in total. The fourth-order valence-corrected chi connectivity index (χ4v) is 3.47. The number of phenols is 1. The average Bonchev–Trinajstić information content (AvgIpc) is 2.80. The first-order chi connectivity index (χ1) is 17.7. The van der Waals surface area contributed by atoms with E-state index in [0.29, 0.717) is 12.0 Å². The first-order valence-corrected chi connectivity index (χ1v) is 11.9. The second kappa shape index (κ2) is 15.1. The van der Waals surface area contributed by atoms with Crippen LogP contribution in [0.2, 0.25) is 0 Å². The normalized spacial score (nSPS) is 14.0. The maximum absolute atomic E-state index is 13.2. The van der Waals surface area contributed by atoms with Gasteiger partial charge in [0.2, 0.25) is 29.5 Å². The molecule has 38 heavy (non-hydrogen) atoms. The van der Waals surface area contributed by atoms with E-state index in [1.54, 1.807) is 0 Å². The molecule has 0 saturated heterocycles. The molecule has 0 spiro atoms. The van der Waals surface area contributed by atoms with Crippen LogP contribution in [0.5, 0.6) is 5.75 Å². The number of aromatic hydroxyl groups is 1. The molecule has 0 aliphatic rings. The largest absolute Gasteiger partial charge is 0.508 e. The quantitative estimate of drug-likeness (QED) is 0.116. The number of carboxylic acids is 1. The summed E-state index contributed by atoms with van der Waals surface area (Å²) in [5, 5.41) is 25.9. The minimum atomic E-state index is -1.58. The van der Waals surface area contributed by atoms with Crippen molar-refractivity contribution in [3.63, 3.8) is 0 Å². The number of carbonyl (C=O) groups excluding carboxylic acids is 5. The molecule has 0 bridgehead atoms. The van der Waals surface area contributed by atoms with Gasteiger partial charge in [0.05, 0.1) is 12.5 Å². The fraction of sp³-hybridized carbons (Fsp3) is 0.500. The van der Waals surface area contributed by atoms with E-state index in [1.165, 1.54) is 24.3 Å². The first kappa shape index (κ1) is 31.8. The molecule has 0 aromatic heterocycles. The number of benzene rings is 1. The predicted octanol–water partition coefficient (Wildman–Crippen LogP) is -2.01. The van der Waals surface area contributed by atoms with Gasteiger partial charge in [-0.05, 0) is 36.5 Å². The number of rotatable bonds is 16. The molecule has 0 saturated carbocycles. The molecule has 0 aliphatic carbocycles. The van der Waals surface area contributed by atoms with Gasteiger partial charge in [-0.25, -0.2) is 4.79 Å². The Bertz CT molecular complexity index is 1010. The van der Waals surface area contributed by atoms with Crippen LogP contribution in [-0.4, -0.2) is 69.9 Å². The summed E-state index contributed by atoms with van der Waals surface area (Å²) < 4.78 is 0. The third kappa shape index (κ3) is 11.7. The number of nitrogens with two attached hydrogens (primary N) is 3. The Morgan fingerprint density at radius 3 is 1.84 bits per heavy atom. The Labute approximate surface area is 219 Å².